The third-order valence-electron chi connectivity index (χ3n) is 3.30. The summed E-state index contributed by atoms with van der Waals surface area (Å²) in [6.07, 6.45) is 0. The zero-order valence-electron chi connectivity index (χ0n) is 11.2. The summed E-state index contributed by atoms with van der Waals surface area (Å²) in [5.74, 6) is 1.24. The smallest absolute Gasteiger partial charge is 0.139 e. The second kappa shape index (κ2) is 4.72. The summed E-state index contributed by atoms with van der Waals surface area (Å²) in [4.78, 5) is 4.58. The molecule has 0 unspecified atom stereocenters. The largest absolute Gasteiger partial charge is 0.495 e. The number of halogens is 1. The first-order valence-corrected chi connectivity index (χ1v) is 6.57. The highest BCUT2D eigenvalue weighted by atomic mass is 35.5. The van der Waals surface area contributed by atoms with Gasteiger partial charge in [0.1, 0.15) is 22.9 Å². The van der Waals surface area contributed by atoms with Crippen LogP contribution in [0.25, 0.3) is 16.9 Å². The van der Waals surface area contributed by atoms with Crippen LogP contribution in [0.4, 0.5) is 5.82 Å². The van der Waals surface area contributed by atoms with Gasteiger partial charge in [-0.2, -0.15) is 0 Å². The highest BCUT2D eigenvalue weighted by Gasteiger charge is 2.13. The molecule has 2 heterocycles. The number of nitrogens with two attached hydrogens (primary N) is 1. The van der Waals surface area contributed by atoms with E-state index in [1.54, 1.807) is 7.11 Å². The van der Waals surface area contributed by atoms with Gasteiger partial charge >= 0.3 is 0 Å². The summed E-state index contributed by atoms with van der Waals surface area (Å²) in [5.41, 5.74) is 9.68. The second-order valence-corrected chi connectivity index (χ2v) is 4.96. The van der Waals surface area contributed by atoms with Crippen LogP contribution in [-0.4, -0.2) is 16.5 Å². The van der Waals surface area contributed by atoms with Gasteiger partial charge in [-0.15, -0.1) is 0 Å². The lowest BCUT2D eigenvalue weighted by molar-refractivity contribution is 0.415. The zero-order valence-corrected chi connectivity index (χ0v) is 12.0. The Hall–Kier alpha value is -2.20. The first kappa shape index (κ1) is 12.8. The third kappa shape index (κ3) is 1.89. The summed E-state index contributed by atoms with van der Waals surface area (Å²) in [5, 5.41) is 0.540. The van der Waals surface area contributed by atoms with Crippen molar-refractivity contribution in [3.05, 3.63) is 47.1 Å². The maximum Gasteiger partial charge on any atom is 0.139 e. The van der Waals surface area contributed by atoms with Crippen molar-refractivity contribution < 1.29 is 4.74 Å². The van der Waals surface area contributed by atoms with Crippen molar-refractivity contribution in [2.45, 2.75) is 6.92 Å². The van der Waals surface area contributed by atoms with Crippen LogP contribution < -0.4 is 10.5 Å². The molecule has 5 heteroatoms. The van der Waals surface area contributed by atoms with Crippen molar-refractivity contribution >= 4 is 23.1 Å². The Morgan fingerprint density at radius 1 is 1.25 bits per heavy atom. The maximum atomic E-state index is 6.22. The maximum absolute atomic E-state index is 6.22. The van der Waals surface area contributed by atoms with E-state index in [9.17, 15) is 0 Å². The lowest BCUT2D eigenvalue weighted by Gasteiger charge is -2.05. The number of nitrogen functional groups attached to an aromatic ring is 1. The molecule has 0 radical (unpaired) electrons. The molecule has 3 aromatic rings. The monoisotopic (exact) mass is 287 g/mol. The number of aromatic nitrogens is 2. The average molecular weight is 288 g/mol. The van der Waals surface area contributed by atoms with Gasteiger partial charge in [0.15, 0.2) is 0 Å². The quantitative estimate of drug-likeness (QED) is 0.784. The van der Waals surface area contributed by atoms with E-state index >= 15 is 0 Å². The summed E-state index contributed by atoms with van der Waals surface area (Å²) in [6, 6.07) is 11.4. The minimum absolute atomic E-state index is 0.540. The lowest BCUT2D eigenvalue weighted by Crippen LogP contribution is -1.97. The molecule has 4 nitrogen and oxygen atoms in total. The first-order chi connectivity index (χ1) is 9.61. The molecule has 0 bridgehead atoms. The molecule has 1 aromatic carbocycles. The molecular formula is C15H14ClN3O. The Labute approximate surface area is 121 Å². The van der Waals surface area contributed by atoms with Gasteiger partial charge in [0.2, 0.25) is 0 Å². The van der Waals surface area contributed by atoms with E-state index in [4.69, 9.17) is 22.1 Å². The number of rotatable bonds is 2. The van der Waals surface area contributed by atoms with Crippen molar-refractivity contribution in [1.82, 2.24) is 9.38 Å². The molecule has 2 aromatic heterocycles. The van der Waals surface area contributed by atoms with Crippen LogP contribution in [0.2, 0.25) is 5.02 Å². The molecule has 0 saturated heterocycles. The topological polar surface area (TPSA) is 52.5 Å². The van der Waals surface area contributed by atoms with Crippen molar-refractivity contribution in [2.75, 3.05) is 12.8 Å². The van der Waals surface area contributed by atoms with Crippen LogP contribution in [0.5, 0.6) is 5.75 Å². The molecule has 3 rings (SSSR count). The lowest BCUT2D eigenvalue weighted by atomic mass is 10.1. The molecule has 0 spiro atoms. The molecule has 0 amide bonds. The summed E-state index contributed by atoms with van der Waals surface area (Å²) >= 11 is 6.16. The predicted octanol–water partition coefficient (Wildman–Crippen LogP) is 3.55. The fraction of sp³-hybridized carbons (Fsp3) is 0.133. The molecule has 0 aliphatic rings. The van der Waals surface area contributed by atoms with Crippen LogP contribution in [-0.2, 0) is 0 Å². The number of imidazole rings is 1. The van der Waals surface area contributed by atoms with Crippen LogP contribution in [0, 0.1) is 6.92 Å². The van der Waals surface area contributed by atoms with Gasteiger partial charge in [0.25, 0.3) is 0 Å². The van der Waals surface area contributed by atoms with E-state index in [1.165, 1.54) is 0 Å². The third-order valence-corrected chi connectivity index (χ3v) is 3.60. The summed E-state index contributed by atoms with van der Waals surface area (Å²) in [7, 11) is 1.59. The molecule has 102 valence electrons. The molecule has 20 heavy (non-hydrogen) atoms. The van der Waals surface area contributed by atoms with Crippen molar-refractivity contribution in [2.24, 2.45) is 0 Å². The molecule has 0 saturated carbocycles. The number of hydrogen-bond donors (Lipinski definition) is 1. The average Bonchev–Trinajstić information content (AvgIpc) is 2.77. The van der Waals surface area contributed by atoms with Crippen LogP contribution in [0.15, 0.2) is 36.4 Å². The zero-order chi connectivity index (χ0) is 14.3. The number of aryl methyl sites for hydroxylation is 1. The highest BCUT2D eigenvalue weighted by molar-refractivity contribution is 6.32. The Morgan fingerprint density at radius 2 is 2.05 bits per heavy atom. The van der Waals surface area contributed by atoms with Crippen molar-refractivity contribution in [3.8, 4) is 17.0 Å². The summed E-state index contributed by atoms with van der Waals surface area (Å²) in [6.45, 7) is 2.00. The molecule has 2 N–H and O–H groups in total. The Balaban J connectivity index is 2.22. The van der Waals surface area contributed by atoms with E-state index in [2.05, 4.69) is 4.98 Å². The molecule has 0 aliphatic heterocycles. The standard InChI is InChI=1S/C15H14ClN3O/c1-9-4-3-5-13-18-14(15(17)19(9)13)10-6-7-12(20-2)11(16)8-10/h3-8H,17H2,1-2H3. The Morgan fingerprint density at radius 3 is 2.70 bits per heavy atom. The van der Waals surface area contributed by atoms with E-state index < -0.39 is 0 Å². The number of benzene rings is 1. The number of hydrogen-bond acceptors (Lipinski definition) is 3. The normalized spacial score (nSPS) is 10.9. The van der Waals surface area contributed by atoms with E-state index in [1.807, 2.05) is 47.7 Å². The van der Waals surface area contributed by atoms with Gasteiger partial charge in [-0.1, -0.05) is 17.7 Å². The van der Waals surface area contributed by atoms with Crippen molar-refractivity contribution in [1.29, 1.82) is 0 Å². The number of methoxy groups -OCH3 is 1. The fourth-order valence-electron chi connectivity index (χ4n) is 2.31. The first-order valence-electron chi connectivity index (χ1n) is 6.19. The van der Waals surface area contributed by atoms with Gasteiger partial charge in [-0.3, -0.25) is 4.40 Å². The number of fused-ring (bicyclic) bond motifs is 1. The molecule has 0 fully saturated rings. The molecule has 0 atom stereocenters. The number of ether oxygens (including phenoxy) is 1. The summed E-state index contributed by atoms with van der Waals surface area (Å²) < 4.78 is 7.08. The number of anilines is 1. The molecule has 0 aliphatic carbocycles. The Bertz CT molecular complexity index is 795. The number of nitrogens with zero attached hydrogens (tertiary/aromatic N) is 2. The van der Waals surface area contributed by atoms with Gasteiger partial charge in [0, 0.05) is 11.3 Å². The van der Waals surface area contributed by atoms with Gasteiger partial charge < -0.3 is 10.5 Å². The minimum Gasteiger partial charge on any atom is -0.495 e. The number of pyridine rings is 1. The van der Waals surface area contributed by atoms with Gasteiger partial charge in [0.05, 0.1) is 12.1 Å². The SMILES string of the molecule is COc1ccc(-c2nc3cccc(C)n3c2N)cc1Cl. The Kier molecular flexibility index (Phi) is 3.03. The van der Waals surface area contributed by atoms with E-state index in [-0.39, 0.29) is 0 Å². The van der Waals surface area contributed by atoms with Crippen molar-refractivity contribution in [3.63, 3.8) is 0 Å². The van der Waals surface area contributed by atoms with Gasteiger partial charge in [-0.25, -0.2) is 4.98 Å². The second-order valence-electron chi connectivity index (χ2n) is 4.56. The minimum atomic E-state index is 0.540. The predicted molar refractivity (Wildman–Crippen MR) is 81.3 cm³/mol. The highest BCUT2D eigenvalue weighted by Crippen LogP contribution is 2.33. The van der Waals surface area contributed by atoms with E-state index in [0.717, 1.165) is 22.6 Å². The van der Waals surface area contributed by atoms with Crippen LogP contribution in [0.3, 0.4) is 0 Å². The van der Waals surface area contributed by atoms with E-state index in [0.29, 0.717) is 16.6 Å². The molecular weight excluding hydrogens is 274 g/mol. The van der Waals surface area contributed by atoms with Gasteiger partial charge in [-0.05, 0) is 37.3 Å². The fourth-order valence-corrected chi connectivity index (χ4v) is 2.57. The van der Waals surface area contributed by atoms with Crippen LogP contribution in [0.1, 0.15) is 5.69 Å². The van der Waals surface area contributed by atoms with Crippen LogP contribution >= 0.6 is 11.6 Å².